The van der Waals surface area contributed by atoms with Crippen LogP contribution in [0.25, 0.3) is 16.6 Å². The average Bonchev–Trinajstić information content (AvgIpc) is 3.43. The number of fused-ring (bicyclic) bond motifs is 1. The number of aryl methyl sites for hydroxylation is 1. The van der Waals surface area contributed by atoms with E-state index >= 15 is 0 Å². The van der Waals surface area contributed by atoms with E-state index in [1.807, 2.05) is 0 Å². The molecule has 3 aromatic heterocycles. The Morgan fingerprint density at radius 1 is 1.08 bits per heavy atom. The quantitative estimate of drug-likeness (QED) is 0.183. The average molecular weight is 525 g/mol. The van der Waals surface area contributed by atoms with Gasteiger partial charge in [0.15, 0.2) is 0 Å². The van der Waals surface area contributed by atoms with Crippen molar-refractivity contribution >= 4 is 40.1 Å². The molecule has 0 atom stereocenters. The molecule has 12 heteroatoms. The molecule has 0 amide bonds. The van der Waals surface area contributed by atoms with Crippen molar-refractivity contribution in [2.45, 2.75) is 6.92 Å². The fraction of sp³-hybridized carbons (Fsp3) is 0.0800. The number of nitrogens with one attached hydrogen (secondary N) is 2. The van der Waals surface area contributed by atoms with Gasteiger partial charge in [-0.05, 0) is 31.2 Å². The van der Waals surface area contributed by atoms with Gasteiger partial charge in [0.05, 0.1) is 35.0 Å². The molecular weight excluding hydrogens is 505 g/mol. The first-order valence-corrected chi connectivity index (χ1v) is 12.1. The first-order valence-electron chi connectivity index (χ1n) is 10.8. The minimum absolute atomic E-state index is 0.0399. The van der Waals surface area contributed by atoms with Crippen molar-refractivity contribution in [3.63, 3.8) is 0 Å². The number of nitrogen functional groups attached to an aromatic ring is 1. The van der Waals surface area contributed by atoms with Crippen LogP contribution in [0.3, 0.4) is 0 Å². The van der Waals surface area contributed by atoms with Crippen LogP contribution in [0.1, 0.15) is 21.6 Å². The molecule has 0 saturated heterocycles. The smallest absolute Gasteiger partial charge is 0.222 e. The maximum absolute atomic E-state index is 14.3. The number of ketones is 1. The van der Waals surface area contributed by atoms with Gasteiger partial charge in [0.25, 0.3) is 0 Å². The topological polar surface area (TPSA) is 111 Å². The van der Waals surface area contributed by atoms with Crippen LogP contribution in [-0.2, 0) is 0 Å². The number of nitrogens with two attached hydrogens (primary N) is 1. The van der Waals surface area contributed by atoms with E-state index in [1.165, 1.54) is 35.1 Å². The first-order chi connectivity index (χ1) is 17.7. The molecule has 3 heterocycles. The van der Waals surface area contributed by atoms with E-state index in [0.29, 0.717) is 27.8 Å². The molecule has 8 nitrogen and oxygen atoms in total. The van der Waals surface area contributed by atoms with E-state index in [-0.39, 0.29) is 28.7 Å². The second-order valence-electron chi connectivity index (χ2n) is 8.12. The van der Waals surface area contributed by atoms with Crippen LogP contribution in [0.4, 0.5) is 24.7 Å². The van der Waals surface area contributed by atoms with Crippen LogP contribution in [0.5, 0.6) is 11.6 Å². The number of pyridine rings is 1. The van der Waals surface area contributed by atoms with Gasteiger partial charge in [-0.25, -0.2) is 22.8 Å². The second kappa shape index (κ2) is 9.54. The van der Waals surface area contributed by atoms with E-state index < -0.39 is 23.2 Å². The van der Waals surface area contributed by atoms with Crippen molar-refractivity contribution in [1.29, 1.82) is 0 Å². The van der Waals surface area contributed by atoms with Crippen LogP contribution in [0.15, 0.2) is 54.9 Å². The largest absolute Gasteiger partial charge is 0.439 e. The molecule has 0 fully saturated rings. The number of ether oxygens (including phenoxy) is 1. The Labute approximate surface area is 212 Å². The van der Waals surface area contributed by atoms with Crippen molar-refractivity contribution in [1.82, 2.24) is 19.7 Å². The van der Waals surface area contributed by atoms with E-state index in [4.69, 9.17) is 10.5 Å². The Bertz CT molecular complexity index is 1650. The minimum atomic E-state index is -0.775. The van der Waals surface area contributed by atoms with Gasteiger partial charge >= 0.3 is 0 Å². The summed E-state index contributed by atoms with van der Waals surface area (Å²) in [5, 5.41) is 4.76. The molecule has 0 aliphatic carbocycles. The highest BCUT2D eigenvalue weighted by atomic mass is 32.2. The van der Waals surface area contributed by atoms with Crippen LogP contribution >= 0.6 is 11.9 Å². The number of aromatic amines is 1. The van der Waals surface area contributed by atoms with Gasteiger partial charge in [-0.15, -0.1) is 0 Å². The summed E-state index contributed by atoms with van der Waals surface area (Å²) in [4.78, 5) is 20.4. The molecule has 188 valence electrons. The van der Waals surface area contributed by atoms with Crippen molar-refractivity contribution in [2.24, 2.45) is 0 Å². The standard InChI is InChI=1S/C25H19F3N6O2S/c1-12-3-16(10-30-25(12)36-17-7-14(26)6-15(27)8-17)34-24(29)18(11-31-34)23(35)22-5-13-4-19(28)21(33-37-2)9-20(13)32-22/h3-11,32-33H,29H2,1-2H3. The number of rotatable bonds is 7. The van der Waals surface area contributed by atoms with Crippen LogP contribution in [-0.4, -0.2) is 31.8 Å². The molecule has 0 unspecified atom stereocenters. The van der Waals surface area contributed by atoms with Crippen molar-refractivity contribution in [2.75, 3.05) is 16.7 Å². The van der Waals surface area contributed by atoms with Crippen molar-refractivity contribution in [3.8, 4) is 17.3 Å². The number of hydrogen-bond acceptors (Lipinski definition) is 7. The minimum Gasteiger partial charge on any atom is -0.439 e. The van der Waals surface area contributed by atoms with E-state index in [9.17, 15) is 18.0 Å². The maximum atomic E-state index is 14.3. The molecular formula is C25H19F3N6O2S. The number of nitrogens with zero attached hydrogens (tertiary/aromatic N) is 3. The summed E-state index contributed by atoms with van der Waals surface area (Å²) in [7, 11) is 0. The monoisotopic (exact) mass is 524 g/mol. The summed E-state index contributed by atoms with van der Waals surface area (Å²) >= 11 is 1.25. The molecule has 2 aromatic carbocycles. The number of aromatic nitrogens is 4. The van der Waals surface area contributed by atoms with Gasteiger partial charge in [0.2, 0.25) is 11.7 Å². The molecule has 0 aliphatic rings. The highest BCUT2D eigenvalue weighted by Gasteiger charge is 2.21. The van der Waals surface area contributed by atoms with Crippen LogP contribution in [0.2, 0.25) is 0 Å². The lowest BCUT2D eigenvalue weighted by Gasteiger charge is -2.10. The van der Waals surface area contributed by atoms with E-state index in [0.717, 1.165) is 18.2 Å². The van der Waals surface area contributed by atoms with E-state index in [2.05, 4.69) is 19.8 Å². The Morgan fingerprint density at radius 2 is 1.84 bits per heavy atom. The van der Waals surface area contributed by atoms with Gasteiger partial charge in [-0.3, -0.25) is 4.79 Å². The highest BCUT2D eigenvalue weighted by Crippen LogP contribution is 2.29. The van der Waals surface area contributed by atoms with Gasteiger partial charge in [-0.2, -0.15) is 5.10 Å². The Morgan fingerprint density at radius 3 is 2.54 bits per heavy atom. The summed E-state index contributed by atoms with van der Waals surface area (Å²) in [5.41, 5.74) is 8.48. The zero-order valence-corrected chi connectivity index (χ0v) is 20.3. The second-order valence-corrected chi connectivity index (χ2v) is 8.73. The van der Waals surface area contributed by atoms with Crippen LogP contribution in [0, 0.1) is 24.4 Å². The van der Waals surface area contributed by atoms with Crippen LogP contribution < -0.4 is 15.2 Å². The SMILES string of the molecule is CSNc1cc2[nH]c(C(=O)c3cnn(-c4cnc(Oc5cc(F)cc(F)c5)c(C)c4)c3N)cc2cc1F. The van der Waals surface area contributed by atoms with Gasteiger partial charge < -0.3 is 20.2 Å². The third kappa shape index (κ3) is 4.70. The third-order valence-corrected chi connectivity index (χ3v) is 5.95. The molecule has 0 saturated carbocycles. The fourth-order valence-electron chi connectivity index (χ4n) is 3.82. The summed E-state index contributed by atoms with van der Waals surface area (Å²) < 4.78 is 50.9. The van der Waals surface area contributed by atoms with Crippen molar-refractivity contribution < 1.29 is 22.7 Å². The molecule has 5 aromatic rings. The lowest BCUT2D eigenvalue weighted by Crippen LogP contribution is -2.08. The summed E-state index contributed by atoms with van der Waals surface area (Å²) in [6.45, 7) is 1.69. The number of carbonyl (C=O) groups is 1. The number of hydrogen-bond donors (Lipinski definition) is 3. The zero-order valence-electron chi connectivity index (χ0n) is 19.5. The number of benzene rings is 2. The first kappa shape index (κ1) is 24.3. The predicted molar refractivity (Wildman–Crippen MR) is 136 cm³/mol. The number of H-pyrrole nitrogens is 1. The Kier molecular flexibility index (Phi) is 6.25. The highest BCUT2D eigenvalue weighted by molar-refractivity contribution is 7.99. The lowest BCUT2D eigenvalue weighted by molar-refractivity contribution is 0.103. The molecule has 0 radical (unpaired) electrons. The molecule has 0 spiro atoms. The van der Waals surface area contributed by atoms with E-state index in [1.54, 1.807) is 31.4 Å². The summed E-state index contributed by atoms with van der Waals surface area (Å²) in [5.74, 6) is -2.24. The van der Waals surface area contributed by atoms with Gasteiger partial charge in [0, 0.05) is 40.9 Å². The molecule has 37 heavy (non-hydrogen) atoms. The Balaban J connectivity index is 1.42. The summed E-state index contributed by atoms with van der Waals surface area (Å²) in [6.07, 6.45) is 4.51. The third-order valence-electron chi connectivity index (χ3n) is 5.53. The molecule has 0 aliphatic heterocycles. The Hall–Kier alpha value is -4.45. The zero-order chi connectivity index (χ0) is 26.3. The maximum Gasteiger partial charge on any atom is 0.222 e. The predicted octanol–water partition coefficient (Wildman–Crippen LogP) is 5.77. The molecule has 4 N–H and O–H groups in total. The number of carbonyl (C=O) groups excluding carboxylic acids is 1. The van der Waals surface area contributed by atoms with Crippen molar-refractivity contribution in [3.05, 3.63) is 89.1 Å². The number of halogens is 3. The summed E-state index contributed by atoms with van der Waals surface area (Å²) in [6, 6.07) is 8.95. The molecule has 0 bridgehead atoms. The normalized spacial score (nSPS) is 11.2. The molecule has 5 rings (SSSR count). The lowest BCUT2D eigenvalue weighted by atomic mass is 10.1. The van der Waals surface area contributed by atoms with Gasteiger partial charge in [0.1, 0.15) is 29.0 Å². The number of anilines is 2. The fourth-order valence-corrected chi connectivity index (χ4v) is 4.19. The van der Waals surface area contributed by atoms with Gasteiger partial charge in [-0.1, -0.05) is 11.9 Å².